The maximum absolute atomic E-state index is 11.5. The van der Waals surface area contributed by atoms with E-state index in [0.29, 0.717) is 11.5 Å². The van der Waals surface area contributed by atoms with Crippen LogP contribution in [0.4, 0.5) is 0 Å². The fourth-order valence-corrected chi connectivity index (χ4v) is 2.11. The average molecular weight is 202 g/mol. The van der Waals surface area contributed by atoms with E-state index < -0.39 is 0 Å². The van der Waals surface area contributed by atoms with Gasteiger partial charge in [0, 0.05) is 6.42 Å². The Bertz CT molecular complexity index is 156. The van der Waals surface area contributed by atoms with Gasteiger partial charge in [-0.1, -0.05) is 33.6 Å². The largest absolute Gasteiger partial charge is 0.299 e. The Labute approximate surface area is 86.7 Å². The van der Waals surface area contributed by atoms with Gasteiger partial charge in [0.2, 0.25) is 0 Å². The van der Waals surface area contributed by atoms with Crippen LogP contribution < -0.4 is 0 Å². The molecule has 1 unspecified atom stereocenters. The van der Waals surface area contributed by atoms with Crippen LogP contribution in [0.1, 0.15) is 46.5 Å². The van der Waals surface area contributed by atoms with E-state index in [0.717, 1.165) is 12.8 Å². The second-order valence-corrected chi connectivity index (χ2v) is 4.93. The zero-order chi connectivity index (χ0) is 10.3. The lowest BCUT2D eigenvalue weighted by Gasteiger charge is -2.26. The Morgan fingerprint density at radius 3 is 2.38 bits per heavy atom. The van der Waals surface area contributed by atoms with E-state index in [4.69, 9.17) is 0 Å². The molecule has 0 saturated heterocycles. The van der Waals surface area contributed by atoms with Gasteiger partial charge in [-0.15, -0.1) is 0 Å². The van der Waals surface area contributed by atoms with Gasteiger partial charge in [-0.3, -0.25) is 4.79 Å². The predicted octanol–water partition coefficient (Wildman–Crippen LogP) is 3.53. The molecule has 0 aromatic heterocycles. The Hall–Kier alpha value is 0.0200. The van der Waals surface area contributed by atoms with E-state index in [1.54, 1.807) is 11.8 Å². The molecule has 0 saturated carbocycles. The highest BCUT2D eigenvalue weighted by Crippen LogP contribution is 2.31. The molecule has 0 N–H and O–H groups in total. The van der Waals surface area contributed by atoms with E-state index in [2.05, 4.69) is 20.8 Å². The summed E-state index contributed by atoms with van der Waals surface area (Å²) in [5.74, 6) is 1.09. The van der Waals surface area contributed by atoms with Crippen molar-refractivity contribution >= 4 is 17.5 Å². The topological polar surface area (TPSA) is 17.1 Å². The van der Waals surface area contributed by atoms with Crippen LogP contribution in [0.5, 0.6) is 0 Å². The number of thioether (sulfide) groups is 1. The van der Waals surface area contributed by atoms with Crippen molar-refractivity contribution in [3.63, 3.8) is 0 Å². The van der Waals surface area contributed by atoms with Crippen molar-refractivity contribution in [2.45, 2.75) is 46.5 Å². The van der Waals surface area contributed by atoms with Gasteiger partial charge in [0.25, 0.3) is 0 Å². The maximum atomic E-state index is 11.5. The SMILES string of the molecule is CCCC(C)(CC)CC(=O)CSC. The minimum absolute atomic E-state index is 0.252. The maximum Gasteiger partial charge on any atom is 0.143 e. The van der Waals surface area contributed by atoms with Crippen LogP contribution in [0.15, 0.2) is 0 Å². The van der Waals surface area contributed by atoms with E-state index in [1.807, 2.05) is 6.26 Å². The summed E-state index contributed by atoms with van der Waals surface area (Å²) in [6.07, 6.45) is 6.21. The van der Waals surface area contributed by atoms with Gasteiger partial charge in [-0.05, 0) is 18.1 Å². The molecule has 1 atom stereocenters. The quantitative estimate of drug-likeness (QED) is 0.628. The normalized spacial score (nSPS) is 15.4. The molecule has 0 aliphatic carbocycles. The van der Waals surface area contributed by atoms with Crippen molar-refractivity contribution < 1.29 is 4.79 Å². The predicted molar refractivity (Wildman–Crippen MR) is 61.3 cm³/mol. The van der Waals surface area contributed by atoms with Crippen LogP contribution in [0, 0.1) is 5.41 Å². The van der Waals surface area contributed by atoms with Gasteiger partial charge in [-0.25, -0.2) is 0 Å². The Morgan fingerprint density at radius 1 is 1.38 bits per heavy atom. The Balaban J connectivity index is 4.02. The van der Waals surface area contributed by atoms with Gasteiger partial charge in [0.15, 0.2) is 0 Å². The summed E-state index contributed by atoms with van der Waals surface area (Å²) in [5, 5.41) is 0. The first-order chi connectivity index (χ1) is 6.08. The van der Waals surface area contributed by atoms with Crippen LogP contribution in [0.2, 0.25) is 0 Å². The summed E-state index contributed by atoms with van der Waals surface area (Å²) in [4.78, 5) is 11.5. The molecule has 0 heterocycles. The lowest BCUT2D eigenvalue weighted by atomic mass is 9.79. The molecule has 13 heavy (non-hydrogen) atoms. The fraction of sp³-hybridized carbons (Fsp3) is 0.909. The van der Waals surface area contributed by atoms with Crippen molar-refractivity contribution in [2.24, 2.45) is 5.41 Å². The lowest BCUT2D eigenvalue weighted by Crippen LogP contribution is -2.20. The van der Waals surface area contributed by atoms with Gasteiger partial charge < -0.3 is 0 Å². The number of hydrogen-bond donors (Lipinski definition) is 0. The monoisotopic (exact) mass is 202 g/mol. The molecular formula is C11H22OS. The molecule has 0 aromatic carbocycles. The van der Waals surface area contributed by atoms with E-state index in [-0.39, 0.29) is 5.41 Å². The van der Waals surface area contributed by atoms with Crippen LogP contribution in [-0.4, -0.2) is 17.8 Å². The first kappa shape index (κ1) is 13.0. The van der Waals surface area contributed by atoms with Crippen LogP contribution in [0.3, 0.4) is 0 Å². The smallest absolute Gasteiger partial charge is 0.143 e. The van der Waals surface area contributed by atoms with E-state index in [1.165, 1.54) is 12.8 Å². The van der Waals surface area contributed by atoms with Crippen LogP contribution >= 0.6 is 11.8 Å². The second kappa shape index (κ2) is 6.47. The molecule has 0 aliphatic rings. The summed E-state index contributed by atoms with van der Waals surface area (Å²) < 4.78 is 0. The van der Waals surface area contributed by atoms with Gasteiger partial charge in [0.05, 0.1) is 5.75 Å². The highest BCUT2D eigenvalue weighted by atomic mass is 32.2. The Morgan fingerprint density at radius 2 is 2.00 bits per heavy atom. The van der Waals surface area contributed by atoms with Gasteiger partial charge in [-0.2, -0.15) is 11.8 Å². The molecule has 0 rings (SSSR count). The summed E-state index contributed by atoms with van der Waals surface area (Å²) in [6, 6.07) is 0. The number of hydrogen-bond acceptors (Lipinski definition) is 2. The van der Waals surface area contributed by atoms with Crippen molar-refractivity contribution in [2.75, 3.05) is 12.0 Å². The minimum atomic E-state index is 0.252. The number of ketones is 1. The first-order valence-electron chi connectivity index (χ1n) is 5.08. The third-order valence-corrected chi connectivity index (χ3v) is 3.25. The molecule has 0 radical (unpaired) electrons. The zero-order valence-electron chi connectivity index (χ0n) is 9.35. The van der Waals surface area contributed by atoms with E-state index in [9.17, 15) is 4.79 Å². The molecule has 0 fully saturated rings. The zero-order valence-corrected chi connectivity index (χ0v) is 10.2. The van der Waals surface area contributed by atoms with Crippen molar-refractivity contribution in [1.29, 1.82) is 0 Å². The number of carbonyl (C=O) groups is 1. The first-order valence-corrected chi connectivity index (χ1v) is 6.48. The molecular weight excluding hydrogens is 180 g/mol. The second-order valence-electron chi connectivity index (χ2n) is 4.06. The summed E-state index contributed by atoms with van der Waals surface area (Å²) in [6.45, 7) is 6.60. The van der Waals surface area contributed by atoms with Crippen molar-refractivity contribution in [3.8, 4) is 0 Å². The van der Waals surface area contributed by atoms with Crippen LogP contribution in [0.25, 0.3) is 0 Å². The third-order valence-electron chi connectivity index (χ3n) is 2.64. The van der Waals surface area contributed by atoms with Crippen LogP contribution in [-0.2, 0) is 4.79 Å². The molecule has 2 heteroatoms. The Kier molecular flexibility index (Phi) is 6.48. The highest BCUT2D eigenvalue weighted by Gasteiger charge is 2.23. The molecule has 0 aliphatic heterocycles. The number of rotatable bonds is 7. The molecule has 0 spiro atoms. The minimum Gasteiger partial charge on any atom is -0.299 e. The molecule has 78 valence electrons. The lowest BCUT2D eigenvalue weighted by molar-refractivity contribution is -0.118. The highest BCUT2D eigenvalue weighted by molar-refractivity contribution is 7.99. The standard InChI is InChI=1S/C11H22OS/c1-5-7-11(3,6-2)8-10(12)9-13-4/h5-9H2,1-4H3. The summed E-state index contributed by atoms with van der Waals surface area (Å²) in [5.41, 5.74) is 0.252. The summed E-state index contributed by atoms with van der Waals surface area (Å²) in [7, 11) is 0. The summed E-state index contributed by atoms with van der Waals surface area (Å²) >= 11 is 1.63. The third kappa shape index (κ3) is 5.35. The average Bonchev–Trinajstić information content (AvgIpc) is 2.05. The molecule has 1 nitrogen and oxygen atoms in total. The van der Waals surface area contributed by atoms with Crippen molar-refractivity contribution in [3.05, 3.63) is 0 Å². The molecule has 0 aromatic rings. The van der Waals surface area contributed by atoms with Gasteiger partial charge >= 0.3 is 0 Å². The van der Waals surface area contributed by atoms with E-state index >= 15 is 0 Å². The molecule has 0 bridgehead atoms. The van der Waals surface area contributed by atoms with Gasteiger partial charge in [0.1, 0.15) is 5.78 Å². The van der Waals surface area contributed by atoms with Crippen molar-refractivity contribution in [1.82, 2.24) is 0 Å². The number of Topliss-reactive ketones (excluding diaryl/α,β-unsaturated/α-hetero) is 1. The number of carbonyl (C=O) groups excluding carboxylic acids is 1. The molecule has 0 amide bonds. The fourth-order valence-electron chi connectivity index (χ4n) is 1.68.